The number of esters is 1. The Morgan fingerprint density at radius 2 is 1.88 bits per heavy atom. The topological polar surface area (TPSA) is 43.6 Å². The van der Waals surface area contributed by atoms with Gasteiger partial charge >= 0.3 is 12.1 Å². The van der Waals surface area contributed by atoms with Crippen LogP contribution in [0.5, 0.6) is 0 Å². The minimum Gasteiger partial charge on any atom is -0.453 e. The fourth-order valence-corrected chi connectivity index (χ4v) is 2.95. The van der Waals surface area contributed by atoms with Gasteiger partial charge in [-0.05, 0) is 25.1 Å². The highest BCUT2D eigenvalue weighted by molar-refractivity contribution is 6.31. The van der Waals surface area contributed by atoms with E-state index >= 15 is 0 Å². The number of fused-ring (bicyclic) bond motifs is 1. The fraction of sp³-hybridized carbons (Fsp3) is 0.176. The van der Waals surface area contributed by atoms with Crippen molar-refractivity contribution in [3.05, 3.63) is 69.6 Å². The Kier molecular flexibility index (Phi) is 4.86. The zero-order valence-electron chi connectivity index (χ0n) is 13.2. The monoisotopic (exact) mass is 402 g/mol. The van der Waals surface area contributed by atoms with E-state index in [1.165, 1.54) is 25.3 Å². The molecule has 0 saturated carbocycles. The van der Waals surface area contributed by atoms with Crippen molar-refractivity contribution in [2.24, 2.45) is 0 Å². The maximum absolute atomic E-state index is 13.3. The Hall–Kier alpha value is -2.25. The van der Waals surface area contributed by atoms with Crippen molar-refractivity contribution in [2.75, 3.05) is 0 Å². The third-order valence-corrected chi connectivity index (χ3v) is 4.24. The summed E-state index contributed by atoms with van der Waals surface area (Å²) in [4.78, 5) is 16.0. The Labute approximate surface area is 156 Å². The van der Waals surface area contributed by atoms with Gasteiger partial charge in [0.15, 0.2) is 11.4 Å². The summed E-state index contributed by atoms with van der Waals surface area (Å²) >= 11 is 11.9. The van der Waals surface area contributed by atoms with Crippen LogP contribution in [0.25, 0.3) is 5.65 Å². The summed E-state index contributed by atoms with van der Waals surface area (Å²) in [6, 6.07) is 9.25. The van der Waals surface area contributed by atoms with Crippen molar-refractivity contribution < 1.29 is 22.7 Å². The summed E-state index contributed by atoms with van der Waals surface area (Å²) in [6.45, 7) is 1.52. The summed E-state index contributed by atoms with van der Waals surface area (Å²) in [5.41, 5.74) is -1.67. The van der Waals surface area contributed by atoms with Crippen molar-refractivity contribution in [2.45, 2.75) is 19.2 Å². The summed E-state index contributed by atoms with van der Waals surface area (Å²) < 4.78 is 46.2. The van der Waals surface area contributed by atoms with Crippen LogP contribution < -0.4 is 0 Å². The molecular formula is C17H11Cl2F3N2O2. The van der Waals surface area contributed by atoms with E-state index in [1.54, 1.807) is 24.3 Å². The van der Waals surface area contributed by atoms with E-state index < -0.39 is 29.6 Å². The normalized spacial score (nSPS) is 13.0. The van der Waals surface area contributed by atoms with Crippen LogP contribution in [0.15, 0.2) is 42.6 Å². The molecule has 0 aliphatic rings. The second kappa shape index (κ2) is 6.81. The van der Waals surface area contributed by atoms with Crippen LogP contribution >= 0.6 is 23.2 Å². The van der Waals surface area contributed by atoms with Crippen molar-refractivity contribution >= 4 is 34.8 Å². The molecule has 1 atom stereocenters. The number of ether oxygens (including phenoxy) is 1. The predicted octanol–water partition coefficient (Wildman–Crippen LogP) is 5.58. The van der Waals surface area contributed by atoms with E-state index in [-0.39, 0.29) is 10.7 Å². The number of aromatic nitrogens is 2. The van der Waals surface area contributed by atoms with E-state index in [1.807, 2.05) is 0 Å². The SMILES string of the molecule is CC(OC(=O)c1c(C(F)(F)F)nc2ccc(Cl)cn12)c1ccccc1Cl. The average molecular weight is 403 g/mol. The van der Waals surface area contributed by atoms with Gasteiger partial charge in [-0.25, -0.2) is 9.78 Å². The Bertz CT molecular complexity index is 986. The minimum absolute atomic E-state index is 0.0703. The number of hydrogen-bond acceptors (Lipinski definition) is 3. The number of halogens is 5. The van der Waals surface area contributed by atoms with Gasteiger partial charge in [-0.15, -0.1) is 0 Å². The molecular weight excluding hydrogens is 392 g/mol. The van der Waals surface area contributed by atoms with Gasteiger partial charge in [-0.2, -0.15) is 13.2 Å². The second-order valence-corrected chi connectivity index (χ2v) is 6.29. The lowest BCUT2D eigenvalue weighted by Gasteiger charge is -2.15. The highest BCUT2D eigenvalue weighted by atomic mass is 35.5. The molecule has 0 radical (unpaired) electrons. The summed E-state index contributed by atoms with van der Waals surface area (Å²) in [7, 11) is 0. The van der Waals surface area contributed by atoms with Crippen molar-refractivity contribution in [1.29, 1.82) is 0 Å². The van der Waals surface area contributed by atoms with Gasteiger partial charge in [0, 0.05) is 16.8 Å². The van der Waals surface area contributed by atoms with Gasteiger partial charge in [0.1, 0.15) is 11.8 Å². The van der Waals surface area contributed by atoms with Crippen molar-refractivity contribution in [1.82, 2.24) is 9.38 Å². The summed E-state index contributed by atoms with van der Waals surface area (Å²) in [5, 5.41) is 0.488. The van der Waals surface area contributed by atoms with Gasteiger partial charge < -0.3 is 4.74 Å². The number of rotatable bonds is 3. The van der Waals surface area contributed by atoms with Crippen molar-refractivity contribution in [3.8, 4) is 0 Å². The first-order valence-corrected chi connectivity index (χ1v) is 8.14. The van der Waals surface area contributed by atoms with E-state index in [0.717, 1.165) is 4.40 Å². The molecule has 0 N–H and O–H groups in total. The van der Waals surface area contributed by atoms with Crippen LogP contribution in [-0.4, -0.2) is 15.4 Å². The molecule has 3 rings (SSSR count). The van der Waals surface area contributed by atoms with Crippen LogP contribution in [-0.2, 0) is 10.9 Å². The summed E-state index contributed by atoms with van der Waals surface area (Å²) in [6.07, 6.45) is -4.52. The molecule has 0 aliphatic carbocycles. The van der Waals surface area contributed by atoms with E-state index in [2.05, 4.69) is 4.98 Å². The lowest BCUT2D eigenvalue weighted by atomic mass is 10.1. The first-order chi connectivity index (χ1) is 12.2. The van der Waals surface area contributed by atoms with E-state index in [0.29, 0.717) is 10.6 Å². The highest BCUT2D eigenvalue weighted by Gasteiger charge is 2.41. The van der Waals surface area contributed by atoms with E-state index in [4.69, 9.17) is 27.9 Å². The molecule has 2 aromatic heterocycles. The molecule has 1 unspecified atom stereocenters. The lowest BCUT2D eigenvalue weighted by molar-refractivity contribution is -0.141. The number of nitrogens with zero attached hydrogens (tertiary/aromatic N) is 2. The fourth-order valence-electron chi connectivity index (χ4n) is 2.50. The number of hydrogen-bond donors (Lipinski definition) is 0. The van der Waals surface area contributed by atoms with Crippen LogP contribution in [0, 0.1) is 0 Å². The molecule has 0 saturated heterocycles. The van der Waals surface area contributed by atoms with Crippen LogP contribution in [0.4, 0.5) is 13.2 Å². The average Bonchev–Trinajstić information content (AvgIpc) is 2.94. The van der Waals surface area contributed by atoms with Gasteiger partial charge in [-0.3, -0.25) is 4.40 Å². The van der Waals surface area contributed by atoms with Crippen molar-refractivity contribution in [3.63, 3.8) is 0 Å². The van der Waals surface area contributed by atoms with Gasteiger partial charge in [0.25, 0.3) is 0 Å². The maximum atomic E-state index is 13.3. The molecule has 136 valence electrons. The smallest absolute Gasteiger partial charge is 0.435 e. The largest absolute Gasteiger partial charge is 0.453 e. The lowest BCUT2D eigenvalue weighted by Crippen LogP contribution is -2.18. The Morgan fingerprint density at radius 3 is 2.54 bits per heavy atom. The molecule has 1 aromatic carbocycles. The molecule has 0 fully saturated rings. The second-order valence-electron chi connectivity index (χ2n) is 5.45. The first-order valence-electron chi connectivity index (χ1n) is 7.38. The van der Waals surface area contributed by atoms with Crippen LogP contribution in [0.3, 0.4) is 0 Å². The number of carbonyl (C=O) groups excluding carboxylic acids is 1. The molecule has 0 spiro atoms. The molecule has 26 heavy (non-hydrogen) atoms. The molecule has 0 amide bonds. The number of pyridine rings is 1. The molecule has 4 nitrogen and oxygen atoms in total. The third-order valence-electron chi connectivity index (χ3n) is 3.67. The number of benzene rings is 1. The zero-order chi connectivity index (χ0) is 19.1. The molecule has 3 aromatic rings. The molecule has 0 aliphatic heterocycles. The first kappa shape index (κ1) is 18.5. The molecule has 0 bridgehead atoms. The third kappa shape index (κ3) is 3.50. The number of carbonyl (C=O) groups is 1. The van der Waals surface area contributed by atoms with Crippen LogP contribution in [0.1, 0.15) is 34.8 Å². The maximum Gasteiger partial charge on any atom is 0.435 e. The molecule has 2 heterocycles. The molecule has 9 heteroatoms. The number of imidazole rings is 1. The minimum atomic E-state index is -4.83. The zero-order valence-corrected chi connectivity index (χ0v) is 14.7. The summed E-state index contributed by atoms with van der Waals surface area (Å²) in [5.74, 6) is -1.18. The van der Waals surface area contributed by atoms with Gasteiger partial charge in [-0.1, -0.05) is 41.4 Å². The number of alkyl halides is 3. The van der Waals surface area contributed by atoms with Crippen LogP contribution in [0.2, 0.25) is 10.0 Å². The quantitative estimate of drug-likeness (QED) is 0.537. The Morgan fingerprint density at radius 1 is 1.19 bits per heavy atom. The highest BCUT2D eigenvalue weighted by Crippen LogP contribution is 2.34. The Balaban J connectivity index is 2.04. The predicted molar refractivity (Wildman–Crippen MR) is 90.5 cm³/mol. The van der Waals surface area contributed by atoms with Gasteiger partial charge in [0.05, 0.1) is 5.02 Å². The standard InChI is InChI=1S/C17H11Cl2F3N2O2/c1-9(11-4-2-3-5-12(11)19)26-16(25)14-15(17(20,21)22)23-13-7-6-10(18)8-24(13)14/h2-9H,1H3. The van der Waals surface area contributed by atoms with Gasteiger partial charge in [0.2, 0.25) is 0 Å². The van der Waals surface area contributed by atoms with E-state index in [9.17, 15) is 18.0 Å².